The van der Waals surface area contributed by atoms with Crippen molar-refractivity contribution in [3.05, 3.63) is 52.6 Å². The van der Waals surface area contributed by atoms with Crippen molar-refractivity contribution in [3.8, 4) is 11.5 Å². The van der Waals surface area contributed by atoms with Crippen molar-refractivity contribution in [2.45, 2.75) is 18.9 Å². The maximum absolute atomic E-state index is 12.7. The van der Waals surface area contributed by atoms with Crippen LogP contribution in [0.5, 0.6) is 11.5 Å². The maximum Gasteiger partial charge on any atom is 0.265 e. The second kappa shape index (κ2) is 7.79. The van der Waals surface area contributed by atoms with Crippen molar-refractivity contribution in [3.63, 3.8) is 0 Å². The molecule has 2 aliphatic heterocycles. The van der Waals surface area contributed by atoms with E-state index in [0.29, 0.717) is 40.8 Å². The summed E-state index contributed by atoms with van der Waals surface area (Å²) in [6.07, 6.45) is 4.80. The predicted octanol–water partition coefficient (Wildman–Crippen LogP) is 2.80. The summed E-state index contributed by atoms with van der Waals surface area (Å²) in [6.45, 7) is 1.44. The molecule has 2 amide bonds. The van der Waals surface area contributed by atoms with Crippen LogP contribution in [0.15, 0.2) is 42.2 Å². The quantitative estimate of drug-likeness (QED) is 0.690. The number of piperidine rings is 1. The Hall–Kier alpha value is -3.40. The van der Waals surface area contributed by atoms with E-state index in [1.165, 1.54) is 11.3 Å². The average molecular weight is 425 g/mol. The molecule has 0 unspecified atom stereocenters. The number of benzene rings is 1. The Kier molecular flexibility index (Phi) is 4.83. The summed E-state index contributed by atoms with van der Waals surface area (Å²) >= 11 is 1.35. The number of thiazole rings is 1. The van der Waals surface area contributed by atoms with Crippen molar-refractivity contribution in [1.82, 2.24) is 19.7 Å². The second-order valence-electron chi connectivity index (χ2n) is 7.07. The number of nitrogens with one attached hydrogen (secondary N) is 1. The molecule has 0 saturated carbocycles. The zero-order valence-electron chi connectivity index (χ0n) is 16.0. The van der Waals surface area contributed by atoms with Gasteiger partial charge in [0.25, 0.3) is 11.8 Å². The molecule has 2 aromatic heterocycles. The van der Waals surface area contributed by atoms with Crippen LogP contribution in [0.4, 0.5) is 5.82 Å². The standard InChI is InChI=1S/C20H19N5O4S/c26-19(13-1-2-15-16(9-13)29-12-28-15)23-18-3-6-22-25(18)14-4-7-24(8-5-14)20(27)17-10-21-11-30-17/h1-3,6,9-11,14H,4-5,7-8,12H2,(H,23,26). The zero-order valence-corrected chi connectivity index (χ0v) is 16.8. The monoisotopic (exact) mass is 425 g/mol. The first-order valence-corrected chi connectivity index (χ1v) is 10.5. The maximum atomic E-state index is 12.7. The molecule has 30 heavy (non-hydrogen) atoms. The van der Waals surface area contributed by atoms with E-state index in [1.807, 2.05) is 9.58 Å². The van der Waals surface area contributed by atoms with Gasteiger partial charge in [-0.2, -0.15) is 5.10 Å². The number of carbonyl (C=O) groups excluding carboxylic acids is 2. The van der Waals surface area contributed by atoms with Gasteiger partial charge in [-0.05, 0) is 31.0 Å². The molecule has 0 atom stereocenters. The molecule has 9 nitrogen and oxygen atoms in total. The number of nitrogens with zero attached hydrogens (tertiary/aromatic N) is 4. The van der Waals surface area contributed by atoms with Gasteiger partial charge >= 0.3 is 0 Å². The number of ether oxygens (including phenoxy) is 2. The Morgan fingerprint density at radius 2 is 1.97 bits per heavy atom. The first-order valence-electron chi connectivity index (χ1n) is 9.61. The fourth-order valence-corrected chi connectivity index (χ4v) is 4.31. The molecule has 154 valence electrons. The van der Waals surface area contributed by atoms with Gasteiger partial charge in [-0.15, -0.1) is 11.3 Å². The van der Waals surface area contributed by atoms with Crippen molar-refractivity contribution >= 4 is 29.0 Å². The molecule has 0 aliphatic carbocycles. The molecule has 3 aromatic rings. The third kappa shape index (κ3) is 3.50. The first kappa shape index (κ1) is 18.6. The number of anilines is 1. The number of fused-ring (bicyclic) bond motifs is 1. The van der Waals surface area contributed by atoms with Crippen LogP contribution in [-0.4, -0.2) is 51.4 Å². The summed E-state index contributed by atoms with van der Waals surface area (Å²) in [6, 6.07) is 6.98. The van der Waals surface area contributed by atoms with Crippen molar-refractivity contribution in [1.29, 1.82) is 0 Å². The average Bonchev–Trinajstić information content (AvgIpc) is 3.54. The Morgan fingerprint density at radius 3 is 2.77 bits per heavy atom. The van der Waals surface area contributed by atoms with Crippen molar-refractivity contribution < 1.29 is 19.1 Å². The zero-order chi connectivity index (χ0) is 20.5. The number of likely N-dealkylation sites (tertiary alicyclic amines) is 1. The number of carbonyl (C=O) groups is 2. The van der Waals surface area contributed by atoms with E-state index in [9.17, 15) is 9.59 Å². The SMILES string of the molecule is O=C(Nc1ccnn1C1CCN(C(=O)c2cncs2)CC1)c1ccc2c(c1)OCO2. The summed E-state index contributed by atoms with van der Waals surface area (Å²) < 4.78 is 12.5. The minimum atomic E-state index is -0.243. The van der Waals surface area contributed by atoms with E-state index in [-0.39, 0.29) is 24.6 Å². The number of rotatable bonds is 4. The van der Waals surface area contributed by atoms with E-state index >= 15 is 0 Å². The van der Waals surface area contributed by atoms with Gasteiger partial charge in [-0.25, -0.2) is 4.68 Å². The molecule has 1 aromatic carbocycles. The van der Waals surface area contributed by atoms with Gasteiger partial charge in [-0.3, -0.25) is 14.6 Å². The fraction of sp³-hybridized carbons (Fsp3) is 0.300. The first-order chi connectivity index (χ1) is 14.7. The van der Waals surface area contributed by atoms with Crippen LogP contribution < -0.4 is 14.8 Å². The molecule has 0 bridgehead atoms. The molecule has 10 heteroatoms. The van der Waals surface area contributed by atoms with Crippen LogP contribution in [0.3, 0.4) is 0 Å². The summed E-state index contributed by atoms with van der Waals surface area (Å²) in [4.78, 5) is 31.7. The van der Waals surface area contributed by atoms with Gasteiger partial charge in [0.15, 0.2) is 11.5 Å². The van der Waals surface area contributed by atoms with Crippen LogP contribution in [0.2, 0.25) is 0 Å². The van der Waals surface area contributed by atoms with Gasteiger partial charge < -0.3 is 19.7 Å². The van der Waals surface area contributed by atoms with E-state index in [0.717, 1.165) is 12.8 Å². The molecular weight excluding hydrogens is 406 g/mol. The van der Waals surface area contributed by atoms with Crippen LogP contribution in [0.25, 0.3) is 0 Å². The fourth-order valence-electron chi connectivity index (χ4n) is 3.72. The van der Waals surface area contributed by atoms with Gasteiger partial charge in [0, 0.05) is 24.7 Å². The smallest absolute Gasteiger partial charge is 0.265 e. The van der Waals surface area contributed by atoms with E-state index in [2.05, 4.69) is 15.4 Å². The number of amides is 2. The lowest BCUT2D eigenvalue weighted by atomic mass is 10.1. The Labute approximate surface area is 176 Å². The molecule has 4 heterocycles. The number of hydrogen-bond donors (Lipinski definition) is 1. The third-order valence-electron chi connectivity index (χ3n) is 5.29. The van der Waals surface area contributed by atoms with Crippen LogP contribution in [-0.2, 0) is 0 Å². The molecule has 0 radical (unpaired) electrons. The highest BCUT2D eigenvalue weighted by Gasteiger charge is 2.27. The lowest BCUT2D eigenvalue weighted by Gasteiger charge is -2.32. The molecule has 0 spiro atoms. The van der Waals surface area contributed by atoms with Crippen LogP contribution >= 0.6 is 11.3 Å². The lowest BCUT2D eigenvalue weighted by Crippen LogP contribution is -2.39. The Balaban J connectivity index is 1.24. The highest BCUT2D eigenvalue weighted by molar-refractivity contribution is 7.11. The number of aromatic nitrogens is 3. The van der Waals surface area contributed by atoms with Crippen LogP contribution in [0, 0.1) is 0 Å². The molecular formula is C20H19N5O4S. The van der Waals surface area contributed by atoms with E-state index in [4.69, 9.17) is 9.47 Å². The number of hydrogen-bond acceptors (Lipinski definition) is 7. The topological polar surface area (TPSA) is 98.6 Å². The van der Waals surface area contributed by atoms with E-state index < -0.39 is 0 Å². The molecule has 2 aliphatic rings. The van der Waals surface area contributed by atoms with Gasteiger partial charge in [0.05, 0.1) is 23.9 Å². The molecule has 1 saturated heterocycles. The minimum Gasteiger partial charge on any atom is -0.454 e. The molecule has 1 N–H and O–H groups in total. The second-order valence-corrected chi connectivity index (χ2v) is 7.96. The van der Waals surface area contributed by atoms with Gasteiger partial charge in [0.2, 0.25) is 6.79 Å². The van der Waals surface area contributed by atoms with Gasteiger partial charge in [-0.1, -0.05) is 0 Å². The minimum absolute atomic E-state index is 0.0211. The summed E-state index contributed by atoms with van der Waals surface area (Å²) in [5.41, 5.74) is 2.15. The summed E-state index contributed by atoms with van der Waals surface area (Å²) in [5, 5.41) is 7.34. The van der Waals surface area contributed by atoms with Crippen molar-refractivity contribution in [2.75, 3.05) is 25.2 Å². The molecule has 5 rings (SSSR count). The largest absolute Gasteiger partial charge is 0.454 e. The van der Waals surface area contributed by atoms with Crippen LogP contribution in [0.1, 0.15) is 38.9 Å². The third-order valence-corrected chi connectivity index (χ3v) is 6.05. The van der Waals surface area contributed by atoms with Crippen molar-refractivity contribution in [2.24, 2.45) is 0 Å². The molecule has 1 fully saturated rings. The summed E-state index contributed by atoms with van der Waals surface area (Å²) in [5.74, 6) is 1.61. The summed E-state index contributed by atoms with van der Waals surface area (Å²) in [7, 11) is 0. The highest BCUT2D eigenvalue weighted by atomic mass is 32.1. The Morgan fingerprint density at radius 1 is 1.13 bits per heavy atom. The highest BCUT2D eigenvalue weighted by Crippen LogP contribution is 2.33. The van der Waals surface area contributed by atoms with Gasteiger partial charge in [0.1, 0.15) is 10.7 Å². The lowest BCUT2D eigenvalue weighted by molar-refractivity contribution is 0.0695. The Bertz CT molecular complexity index is 1070. The van der Waals surface area contributed by atoms with E-state index in [1.54, 1.807) is 42.2 Å². The normalized spacial score (nSPS) is 15.9. The predicted molar refractivity (Wildman–Crippen MR) is 109 cm³/mol.